The predicted octanol–water partition coefficient (Wildman–Crippen LogP) is 2.20. The monoisotopic (exact) mass is 365 g/mol. The van der Waals surface area contributed by atoms with E-state index in [0.29, 0.717) is 13.1 Å². The standard InChI is InChI=1S/C18H27N3O3S/c1-25(23,24)20-12-5-6-16(14-20)18(22)21-13-4-2-3-7-17(21)15-8-10-19-11-9-15/h8-11,16-17H,2-7,12-14H2,1H3. The van der Waals surface area contributed by atoms with Crippen molar-refractivity contribution < 1.29 is 13.2 Å². The molecule has 3 rings (SSSR count). The van der Waals surface area contributed by atoms with Gasteiger partial charge in [0.15, 0.2) is 0 Å². The molecule has 2 fully saturated rings. The molecule has 0 aromatic carbocycles. The SMILES string of the molecule is CS(=O)(=O)N1CCCC(C(=O)N2CCCCCC2c2ccncc2)C1. The Morgan fingerprint density at radius 2 is 1.84 bits per heavy atom. The second kappa shape index (κ2) is 7.83. The highest BCUT2D eigenvalue weighted by molar-refractivity contribution is 7.88. The van der Waals surface area contributed by atoms with Crippen LogP contribution in [-0.2, 0) is 14.8 Å². The van der Waals surface area contributed by atoms with Gasteiger partial charge in [-0.1, -0.05) is 12.8 Å². The molecule has 2 aliphatic heterocycles. The van der Waals surface area contributed by atoms with Gasteiger partial charge in [-0.15, -0.1) is 0 Å². The number of rotatable bonds is 3. The van der Waals surface area contributed by atoms with Crippen molar-refractivity contribution in [1.29, 1.82) is 0 Å². The lowest BCUT2D eigenvalue weighted by Gasteiger charge is -2.37. The molecule has 7 heteroatoms. The van der Waals surface area contributed by atoms with Crippen molar-refractivity contribution in [3.8, 4) is 0 Å². The van der Waals surface area contributed by atoms with Gasteiger partial charge in [-0.25, -0.2) is 12.7 Å². The lowest BCUT2D eigenvalue weighted by atomic mass is 9.95. The van der Waals surface area contributed by atoms with Crippen molar-refractivity contribution >= 4 is 15.9 Å². The first-order valence-electron chi connectivity index (χ1n) is 9.12. The Balaban J connectivity index is 1.80. The number of amides is 1. The summed E-state index contributed by atoms with van der Waals surface area (Å²) in [6, 6.07) is 4.05. The molecule has 0 radical (unpaired) electrons. The fourth-order valence-corrected chi connectivity index (χ4v) is 4.90. The summed E-state index contributed by atoms with van der Waals surface area (Å²) in [5, 5.41) is 0. The predicted molar refractivity (Wildman–Crippen MR) is 96.3 cm³/mol. The molecule has 0 saturated carbocycles. The van der Waals surface area contributed by atoms with E-state index in [9.17, 15) is 13.2 Å². The number of aromatic nitrogens is 1. The van der Waals surface area contributed by atoms with Gasteiger partial charge in [0.05, 0.1) is 18.2 Å². The minimum Gasteiger partial charge on any atom is -0.335 e. The molecule has 138 valence electrons. The molecule has 1 aromatic rings. The minimum absolute atomic E-state index is 0.0756. The summed E-state index contributed by atoms with van der Waals surface area (Å²) in [6.07, 6.45) is 10.5. The Kier molecular flexibility index (Phi) is 5.74. The number of hydrogen-bond donors (Lipinski definition) is 0. The lowest BCUT2D eigenvalue weighted by Crippen LogP contribution is -2.47. The molecule has 2 unspecified atom stereocenters. The van der Waals surface area contributed by atoms with Gasteiger partial charge in [0, 0.05) is 32.0 Å². The van der Waals surface area contributed by atoms with Crippen LogP contribution in [0, 0.1) is 5.92 Å². The second-order valence-electron chi connectivity index (χ2n) is 7.14. The molecule has 6 nitrogen and oxygen atoms in total. The molecule has 0 bridgehead atoms. The summed E-state index contributed by atoms with van der Waals surface area (Å²) < 4.78 is 25.2. The van der Waals surface area contributed by atoms with Crippen LogP contribution >= 0.6 is 0 Å². The van der Waals surface area contributed by atoms with Gasteiger partial charge in [0.25, 0.3) is 0 Å². The molecule has 2 saturated heterocycles. The number of hydrogen-bond acceptors (Lipinski definition) is 4. The summed E-state index contributed by atoms with van der Waals surface area (Å²) in [7, 11) is -3.24. The van der Waals surface area contributed by atoms with E-state index in [0.717, 1.165) is 50.6 Å². The maximum absolute atomic E-state index is 13.3. The fraction of sp³-hybridized carbons (Fsp3) is 0.667. The van der Waals surface area contributed by atoms with Gasteiger partial charge in [-0.05, 0) is 43.4 Å². The zero-order valence-electron chi connectivity index (χ0n) is 14.8. The maximum atomic E-state index is 13.3. The first kappa shape index (κ1) is 18.3. The van der Waals surface area contributed by atoms with Gasteiger partial charge >= 0.3 is 0 Å². The Hall–Kier alpha value is -1.47. The third-order valence-corrected chi connectivity index (χ3v) is 6.60. The molecular formula is C18H27N3O3S. The number of likely N-dealkylation sites (tertiary alicyclic amines) is 1. The zero-order chi connectivity index (χ0) is 17.9. The summed E-state index contributed by atoms with van der Waals surface area (Å²) >= 11 is 0. The van der Waals surface area contributed by atoms with Crippen LogP contribution in [-0.4, -0.2) is 54.4 Å². The maximum Gasteiger partial charge on any atom is 0.227 e. The second-order valence-corrected chi connectivity index (χ2v) is 9.12. The van der Waals surface area contributed by atoms with Crippen molar-refractivity contribution in [2.24, 2.45) is 5.92 Å². The Morgan fingerprint density at radius 3 is 2.56 bits per heavy atom. The van der Waals surface area contributed by atoms with Gasteiger partial charge in [0.1, 0.15) is 0 Å². The number of sulfonamides is 1. The van der Waals surface area contributed by atoms with Crippen molar-refractivity contribution in [2.75, 3.05) is 25.9 Å². The van der Waals surface area contributed by atoms with E-state index in [4.69, 9.17) is 0 Å². The van der Waals surface area contributed by atoms with E-state index < -0.39 is 10.0 Å². The van der Waals surface area contributed by atoms with Crippen molar-refractivity contribution in [3.63, 3.8) is 0 Å². The van der Waals surface area contributed by atoms with Gasteiger partial charge in [0.2, 0.25) is 15.9 Å². The number of carbonyl (C=O) groups is 1. The summed E-state index contributed by atoms with van der Waals surface area (Å²) in [5.41, 5.74) is 1.13. The van der Waals surface area contributed by atoms with E-state index in [2.05, 4.69) is 4.98 Å². The normalized spacial score (nSPS) is 26.2. The zero-order valence-corrected chi connectivity index (χ0v) is 15.6. The quantitative estimate of drug-likeness (QED) is 0.823. The highest BCUT2D eigenvalue weighted by Gasteiger charge is 2.35. The highest BCUT2D eigenvalue weighted by Crippen LogP contribution is 2.32. The average molecular weight is 365 g/mol. The van der Waals surface area contributed by atoms with Gasteiger partial charge in [-0.3, -0.25) is 9.78 Å². The van der Waals surface area contributed by atoms with E-state index in [1.807, 2.05) is 17.0 Å². The van der Waals surface area contributed by atoms with Crippen LogP contribution < -0.4 is 0 Å². The van der Waals surface area contributed by atoms with Crippen LogP contribution in [0.3, 0.4) is 0 Å². The fourth-order valence-electron chi connectivity index (χ4n) is 3.98. The molecular weight excluding hydrogens is 338 g/mol. The van der Waals surface area contributed by atoms with E-state index >= 15 is 0 Å². The van der Waals surface area contributed by atoms with Crippen LogP contribution in [0.1, 0.15) is 50.1 Å². The summed E-state index contributed by atoms with van der Waals surface area (Å²) in [5.74, 6) is -0.122. The molecule has 3 heterocycles. The van der Waals surface area contributed by atoms with Crippen LogP contribution in [0.2, 0.25) is 0 Å². The van der Waals surface area contributed by atoms with Gasteiger partial charge < -0.3 is 4.90 Å². The number of piperidine rings is 1. The third-order valence-electron chi connectivity index (χ3n) is 5.33. The van der Waals surface area contributed by atoms with Crippen LogP contribution in [0.5, 0.6) is 0 Å². The first-order chi connectivity index (χ1) is 12.0. The molecule has 0 spiro atoms. The van der Waals surface area contributed by atoms with Crippen molar-refractivity contribution in [1.82, 2.24) is 14.2 Å². The molecule has 25 heavy (non-hydrogen) atoms. The summed E-state index contributed by atoms with van der Waals surface area (Å²) in [6.45, 7) is 1.59. The van der Waals surface area contributed by atoms with Gasteiger partial charge in [-0.2, -0.15) is 0 Å². The number of carbonyl (C=O) groups excluding carboxylic acids is 1. The Morgan fingerprint density at radius 1 is 1.08 bits per heavy atom. The third kappa shape index (κ3) is 4.39. The molecule has 0 N–H and O–H groups in total. The number of nitrogens with zero attached hydrogens (tertiary/aromatic N) is 3. The average Bonchev–Trinajstić information content (AvgIpc) is 2.87. The molecule has 1 aromatic heterocycles. The molecule has 0 aliphatic carbocycles. The lowest BCUT2D eigenvalue weighted by molar-refractivity contribution is -0.139. The first-order valence-corrected chi connectivity index (χ1v) is 11.0. The smallest absolute Gasteiger partial charge is 0.227 e. The van der Waals surface area contributed by atoms with Crippen molar-refractivity contribution in [3.05, 3.63) is 30.1 Å². The van der Waals surface area contributed by atoms with E-state index in [1.54, 1.807) is 12.4 Å². The highest BCUT2D eigenvalue weighted by atomic mass is 32.2. The van der Waals surface area contributed by atoms with Crippen molar-refractivity contribution in [2.45, 2.75) is 44.6 Å². The molecule has 2 atom stereocenters. The topological polar surface area (TPSA) is 70.6 Å². The Labute approximate surface area is 150 Å². The minimum atomic E-state index is -3.24. The van der Waals surface area contributed by atoms with Crippen LogP contribution in [0.4, 0.5) is 0 Å². The summed E-state index contributed by atoms with van der Waals surface area (Å²) in [4.78, 5) is 19.3. The van der Waals surface area contributed by atoms with Crippen LogP contribution in [0.25, 0.3) is 0 Å². The molecule has 2 aliphatic rings. The van der Waals surface area contributed by atoms with E-state index in [1.165, 1.54) is 10.6 Å². The van der Waals surface area contributed by atoms with Crippen LogP contribution in [0.15, 0.2) is 24.5 Å². The Bertz CT molecular complexity index is 693. The van der Waals surface area contributed by atoms with E-state index in [-0.39, 0.29) is 17.9 Å². The molecule has 1 amide bonds. The largest absolute Gasteiger partial charge is 0.335 e. The number of pyridine rings is 1.